The van der Waals surface area contributed by atoms with E-state index in [1.54, 1.807) is 0 Å². The number of hydrogen-bond donors (Lipinski definition) is 2. The van der Waals surface area contributed by atoms with E-state index in [1.165, 1.54) is 24.6 Å². The van der Waals surface area contributed by atoms with Crippen LogP contribution in [0.3, 0.4) is 0 Å². The van der Waals surface area contributed by atoms with Crippen molar-refractivity contribution < 1.29 is 14.3 Å². The summed E-state index contributed by atoms with van der Waals surface area (Å²) >= 11 is 1.82. The molecular weight excluding hydrogens is 265 g/mol. The minimum atomic E-state index is -1.10. The fourth-order valence-electron chi connectivity index (χ4n) is 2.54. The second kappa shape index (κ2) is 6.28. The van der Waals surface area contributed by atoms with Crippen LogP contribution in [0.2, 0.25) is 0 Å². The Morgan fingerprint density at radius 3 is 2.95 bits per heavy atom. The van der Waals surface area contributed by atoms with Gasteiger partial charge in [-0.05, 0) is 37.7 Å². The van der Waals surface area contributed by atoms with E-state index in [0.717, 1.165) is 19.3 Å². The summed E-state index contributed by atoms with van der Waals surface area (Å²) in [6, 6.07) is 4.31. The summed E-state index contributed by atoms with van der Waals surface area (Å²) in [4.78, 5) is 11.1. The van der Waals surface area contributed by atoms with Gasteiger partial charge in [0.05, 0.1) is 11.3 Å². The molecule has 1 saturated carbocycles. The van der Waals surface area contributed by atoms with Gasteiger partial charge in [0.2, 0.25) is 0 Å². The maximum absolute atomic E-state index is 13.8. The first-order chi connectivity index (χ1) is 9.11. The molecule has 19 heavy (non-hydrogen) atoms. The van der Waals surface area contributed by atoms with Gasteiger partial charge in [-0.2, -0.15) is 11.8 Å². The van der Waals surface area contributed by atoms with Gasteiger partial charge in [-0.25, -0.2) is 9.18 Å². The molecule has 2 rings (SSSR count). The molecule has 0 aromatic heterocycles. The molecule has 1 fully saturated rings. The van der Waals surface area contributed by atoms with Gasteiger partial charge in [0.1, 0.15) is 5.82 Å². The van der Waals surface area contributed by atoms with Crippen molar-refractivity contribution >= 4 is 23.4 Å². The number of anilines is 1. The lowest BCUT2D eigenvalue weighted by atomic mass is 9.94. The average Bonchev–Trinajstić information content (AvgIpc) is 2.41. The van der Waals surface area contributed by atoms with E-state index in [9.17, 15) is 9.18 Å². The highest BCUT2D eigenvalue weighted by Gasteiger charge is 2.23. The summed E-state index contributed by atoms with van der Waals surface area (Å²) in [6.45, 7) is 0. The van der Waals surface area contributed by atoms with Crippen molar-refractivity contribution in [2.75, 3.05) is 11.6 Å². The lowest BCUT2D eigenvalue weighted by Crippen LogP contribution is -2.29. The fourth-order valence-corrected chi connectivity index (χ4v) is 3.37. The van der Waals surface area contributed by atoms with E-state index in [4.69, 9.17) is 5.11 Å². The molecule has 104 valence electrons. The molecule has 1 aliphatic rings. The first kappa shape index (κ1) is 14.2. The molecule has 0 spiro atoms. The Balaban J connectivity index is 2.16. The van der Waals surface area contributed by atoms with Crippen LogP contribution >= 0.6 is 11.8 Å². The van der Waals surface area contributed by atoms with Crippen molar-refractivity contribution in [1.29, 1.82) is 0 Å². The number of nitrogens with one attached hydrogen (secondary N) is 1. The zero-order valence-corrected chi connectivity index (χ0v) is 11.7. The highest BCUT2D eigenvalue weighted by atomic mass is 32.2. The largest absolute Gasteiger partial charge is 0.478 e. The van der Waals surface area contributed by atoms with E-state index in [0.29, 0.717) is 5.25 Å². The van der Waals surface area contributed by atoms with Gasteiger partial charge in [0.25, 0.3) is 0 Å². The lowest BCUT2D eigenvalue weighted by Gasteiger charge is -2.29. The van der Waals surface area contributed by atoms with E-state index < -0.39 is 11.8 Å². The third-order valence-corrected chi connectivity index (χ3v) is 4.65. The average molecular weight is 283 g/mol. The van der Waals surface area contributed by atoms with Gasteiger partial charge < -0.3 is 10.4 Å². The lowest BCUT2D eigenvalue weighted by molar-refractivity contribution is 0.0697. The molecule has 1 aromatic carbocycles. The second-order valence-corrected chi connectivity index (χ2v) is 5.97. The third kappa shape index (κ3) is 3.41. The first-order valence-corrected chi connectivity index (χ1v) is 7.71. The monoisotopic (exact) mass is 283 g/mol. The number of para-hydroxylation sites is 1. The third-order valence-electron chi connectivity index (χ3n) is 3.55. The minimum Gasteiger partial charge on any atom is -0.478 e. The fraction of sp³-hybridized carbons (Fsp3) is 0.500. The molecule has 0 amide bonds. The van der Waals surface area contributed by atoms with Gasteiger partial charge in [0, 0.05) is 11.3 Å². The number of carboxylic acid groups (broad SMARTS) is 1. The molecule has 0 heterocycles. The number of benzene rings is 1. The zero-order valence-electron chi connectivity index (χ0n) is 10.9. The normalized spacial score (nSPS) is 23.1. The molecule has 0 saturated heterocycles. The molecule has 0 aliphatic heterocycles. The quantitative estimate of drug-likeness (QED) is 0.886. The molecule has 0 bridgehead atoms. The number of aromatic carboxylic acids is 1. The van der Waals surface area contributed by atoms with Gasteiger partial charge in [-0.15, -0.1) is 0 Å². The number of carboxylic acids is 1. The van der Waals surface area contributed by atoms with Gasteiger partial charge in [-0.1, -0.05) is 12.5 Å². The molecule has 2 unspecified atom stereocenters. The summed E-state index contributed by atoms with van der Waals surface area (Å²) in [7, 11) is 0. The molecule has 5 heteroatoms. The van der Waals surface area contributed by atoms with Crippen molar-refractivity contribution in [1.82, 2.24) is 0 Å². The van der Waals surface area contributed by atoms with Crippen molar-refractivity contribution in [3.63, 3.8) is 0 Å². The summed E-state index contributed by atoms with van der Waals surface area (Å²) in [5, 5.41) is 12.8. The van der Waals surface area contributed by atoms with Crippen LogP contribution in [-0.4, -0.2) is 28.6 Å². The van der Waals surface area contributed by atoms with Crippen molar-refractivity contribution in [2.45, 2.75) is 37.0 Å². The molecule has 1 aromatic rings. The highest BCUT2D eigenvalue weighted by molar-refractivity contribution is 7.99. The molecule has 0 radical (unpaired) electrons. The Labute approximate surface area is 116 Å². The summed E-state index contributed by atoms with van der Waals surface area (Å²) < 4.78 is 13.8. The van der Waals surface area contributed by atoms with Crippen LogP contribution in [0, 0.1) is 5.82 Å². The standard InChI is InChI=1S/C14H18FNO2S/c1-19-10-5-2-4-9(8-10)16-13-11(14(17)18)6-3-7-12(13)15/h3,6-7,9-10,16H,2,4-5,8H2,1H3,(H,17,18). The van der Waals surface area contributed by atoms with E-state index in [1.807, 2.05) is 11.8 Å². The maximum atomic E-state index is 13.8. The van der Waals surface area contributed by atoms with Crippen LogP contribution in [0.5, 0.6) is 0 Å². The van der Waals surface area contributed by atoms with Gasteiger partial charge >= 0.3 is 5.97 Å². The van der Waals surface area contributed by atoms with E-state index in [2.05, 4.69) is 11.6 Å². The van der Waals surface area contributed by atoms with E-state index >= 15 is 0 Å². The Hall–Kier alpha value is -1.23. The van der Waals surface area contributed by atoms with Crippen LogP contribution in [0.4, 0.5) is 10.1 Å². The summed E-state index contributed by atoms with van der Waals surface area (Å²) in [5.74, 6) is -1.59. The molecule has 2 N–H and O–H groups in total. The highest BCUT2D eigenvalue weighted by Crippen LogP contribution is 2.30. The Morgan fingerprint density at radius 1 is 1.47 bits per heavy atom. The Kier molecular flexibility index (Phi) is 4.69. The van der Waals surface area contributed by atoms with Gasteiger partial charge in [-0.3, -0.25) is 0 Å². The van der Waals surface area contributed by atoms with Crippen LogP contribution in [-0.2, 0) is 0 Å². The topological polar surface area (TPSA) is 49.3 Å². The summed E-state index contributed by atoms with van der Waals surface area (Å²) in [6.07, 6.45) is 6.28. The van der Waals surface area contributed by atoms with Crippen LogP contribution in [0.15, 0.2) is 18.2 Å². The zero-order chi connectivity index (χ0) is 13.8. The van der Waals surface area contributed by atoms with E-state index in [-0.39, 0.29) is 17.3 Å². The molecular formula is C14H18FNO2S. The molecule has 3 nitrogen and oxygen atoms in total. The number of rotatable bonds is 4. The number of hydrogen-bond acceptors (Lipinski definition) is 3. The van der Waals surface area contributed by atoms with Crippen LogP contribution in [0.1, 0.15) is 36.0 Å². The minimum absolute atomic E-state index is 0.00581. The van der Waals surface area contributed by atoms with Gasteiger partial charge in [0.15, 0.2) is 0 Å². The Bertz CT molecular complexity index is 467. The maximum Gasteiger partial charge on any atom is 0.337 e. The van der Waals surface area contributed by atoms with Crippen molar-refractivity contribution in [3.8, 4) is 0 Å². The number of thioether (sulfide) groups is 1. The number of halogens is 1. The van der Waals surface area contributed by atoms with Crippen molar-refractivity contribution in [2.24, 2.45) is 0 Å². The van der Waals surface area contributed by atoms with Crippen molar-refractivity contribution in [3.05, 3.63) is 29.6 Å². The molecule has 1 aliphatic carbocycles. The smallest absolute Gasteiger partial charge is 0.337 e. The first-order valence-electron chi connectivity index (χ1n) is 6.43. The Morgan fingerprint density at radius 2 is 2.26 bits per heavy atom. The molecule has 2 atom stereocenters. The predicted octanol–water partition coefficient (Wildman–Crippen LogP) is 3.61. The second-order valence-electron chi connectivity index (χ2n) is 4.83. The van der Waals surface area contributed by atoms with Crippen LogP contribution < -0.4 is 5.32 Å². The SMILES string of the molecule is CSC1CCCC(Nc2c(F)cccc2C(=O)O)C1. The number of carbonyl (C=O) groups is 1. The summed E-state index contributed by atoms with van der Waals surface area (Å²) in [5.41, 5.74) is 0.132. The predicted molar refractivity (Wildman–Crippen MR) is 76.5 cm³/mol. The van der Waals surface area contributed by atoms with Crippen LogP contribution in [0.25, 0.3) is 0 Å².